The standard InChI is InChI=1S/C23H29N5O5S/c1-34(32,33)27-20-12-16(4-7-21(20)29)22(30)14-24-17-8-10-28(11-9-17)18-5-2-15(3-6-18)19-13-23(31)26-25-19/h2-7,12-13,17,22,24,27,29-30H,8-11,14H2,1H3,(H2,25,26,31). The van der Waals surface area contributed by atoms with E-state index in [1.54, 1.807) is 6.07 Å². The molecule has 34 heavy (non-hydrogen) atoms. The van der Waals surface area contributed by atoms with Crippen LogP contribution >= 0.6 is 0 Å². The van der Waals surface area contributed by atoms with Gasteiger partial charge in [-0.25, -0.2) is 8.42 Å². The fraction of sp³-hybridized carbons (Fsp3) is 0.348. The van der Waals surface area contributed by atoms with Crippen LogP contribution in [-0.4, -0.2) is 60.8 Å². The number of aromatic nitrogens is 2. The number of H-pyrrole nitrogens is 2. The van der Waals surface area contributed by atoms with E-state index in [4.69, 9.17) is 0 Å². The topological polar surface area (TPSA) is 151 Å². The zero-order valence-electron chi connectivity index (χ0n) is 18.8. The maximum absolute atomic E-state index is 11.5. The third-order valence-corrected chi connectivity index (χ3v) is 6.53. The molecule has 1 saturated heterocycles. The van der Waals surface area contributed by atoms with Crippen LogP contribution in [0.4, 0.5) is 11.4 Å². The van der Waals surface area contributed by atoms with Crippen LogP contribution in [0.1, 0.15) is 24.5 Å². The molecular formula is C23H29N5O5S. The van der Waals surface area contributed by atoms with Gasteiger partial charge < -0.3 is 20.4 Å². The maximum Gasteiger partial charge on any atom is 0.264 e. The summed E-state index contributed by atoms with van der Waals surface area (Å²) in [6.07, 6.45) is 1.99. The molecular weight excluding hydrogens is 458 g/mol. The summed E-state index contributed by atoms with van der Waals surface area (Å²) < 4.78 is 25.2. The van der Waals surface area contributed by atoms with Crippen molar-refractivity contribution in [2.45, 2.75) is 25.0 Å². The Kier molecular flexibility index (Phi) is 6.96. The van der Waals surface area contributed by atoms with Gasteiger partial charge in [0.2, 0.25) is 10.0 Å². The summed E-state index contributed by atoms with van der Waals surface area (Å²) in [6.45, 7) is 2.06. The van der Waals surface area contributed by atoms with E-state index in [-0.39, 0.29) is 23.0 Å². The molecule has 0 spiro atoms. The van der Waals surface area contributed by atoms with Gasteiger partial charge in [0.25, 0.3) is 5.56 Å². The van der Waals surface area contributed by atoms with Crippen LogP contribution in [0.3, 0.4) is 0 Å². The Balaban J connectivity index is 1.28. The molecule has 11 heteroatoms. The van der Waals surface area contributed by atoms with E-state index in [1.807, 2.05) is 24.3 Å². The lowest BCUT2D eigenvalue weighted by Crippen LogP contribution is -2.43. The number of hydrogen-bond donors (Lipinski definition) is 6. The van der Waals surface area contributed by atoms with Gasteiger partial charge in [0.1, 0.15) is 5.75 Å². The minimum atomic E-state index is -3.54. The number of phenolic OH excluding ortho intramolecular Hbond substituents is 1. The lowest BCUT2D eigenvalue weighted by molar-refractivity contribution is 0.167. The maximum atomic E-state index is 11.5. The van der Waals surface area contributed by atoms with Gasteiger partial charge in [-0.1, -0.05) is 18.2 Å². The first-order chi connectivity index (χ1) is 16.2. The van der Waals surface area contributed by atoms with E-state index in [2.05, 4.69) is 25.1 Å². The molecule has 6 N–H and O–H groups in total. The minimum Gasteiger partial charge on any atom is -0.506 e. The van der Waals surface area contributed by atoms with Gasteiger partial charge in [0.05, 0.1) is 23.7 Å². The summed E-state index contributed by atoms with van der Waals surface area (Å²) in [6, 6.07) is 14.2. The molecule has 3 aromatic rings. The average Bonchev–Trinajstić information content (AvgIpc) is 3.25. The van der Waals surface area contributed by atoms with Crippen molar-refractivity contribution >= 4 is 21.4 Å². The Labute approximate surface area is 197 Å². The average molecular weight is 488 g/mol. The van der Waals surface area contributed by atoms with Crippen LogP contribution < -0.4 is 20.5 Å². The molecule has 0 amide bonds. The minimum absolute atomic E-state index is 0.0428. The number of rotatable bonds is 8. The number of anilines is 2. The molecule has 1 aromatic heterocycles. The lowest BCUT2D eigenvalue weighted by Gasteiger charge is -2.34. The summed E-state index contributed by atoms with van der Waals surface area (Å²) in [5, 5.41) is 29.2. The van der Waals surface area contributed by atoms with Gasteiger partial charge in [-0.2, -0.15) is 0 Å². The second-order valence-corrected chi connectivity index (χ2v) is 10.3. The summed E-state index contributed by atoms with van der Waals surface area (Å²) in [7, 11) is -3.54. The molecule has 2 aromatic carbocycles. The number of aliphatic hydroxyl groups is 1. The van der Waals surface area contributed by atoms with Crippen LogP contribution in [0, 0.1) is 0 Å². The SMILES string of the molecule is CS(=O)(=O)Nc1cc(C(O)CNC2CCN(c3ccc(-c4cc(=O)[nH][nH]4)cc3)CC2)ccc1O. The highest BCUT2D eigenvalue weighted by atomic mass is 32.2. The molecule has 1 aliphatic heterocycles. The van der Waals surface area contributed by atoms with Crippen molar-refractivity contribution in [3.8, 4) is 17.0 Å². The predicted octanol–water partition coefficient (Wildman–Crippen LogP) is 1.74. The number of aliphatic hydroxyl groups excluding tert-OH is 1. The highest BCUT2D eigenvalue weighted by molar-refractivity contribution is 7.92. The van der Waals surface area contributed by atoms with Crippen LogP contribution in [0.5, 0.6) is 5.75 Å². The normalized spacial score (nSPS) is 15.9. The van der Waals surface area contributed by atoms with Gasteiger partial charge >= 0.3 is 0 Å². The van der Waals surface area contributed by atoms with Crippen LogP contribution in [0.2, 0.25) is 0 Å². The molecule has 2 heterocycles. The quantitative estimate of drug-likeness (QED) is 0.265. The van der Waals surface area contributed by atoms with Crippen LogP contribution in [0.15, 0.2) is 53.3 Å². The number of benzene rings is 2. The molecule has 10 nitrogen and oxygen atoms in total. The molecule has 0 radical (unpaired) electrons. The summed E-state index contributed by atoms with van der Waals surface area (Å²) in [5.41, 5.74) is 3.21. The number of aromatic amines is 2. The van der Waals surface area contributed by atoms with Gasteiger partial charge in [-0.05, 0) is 48.2 Å². The Morgan fingerprint density at radius 2 is 1.79 bits per heavy atom. The fourth-order valence-corrected chi connectivity index (χ4v) is 4.68. The first-order valence-electron chi connectivity index (χ1n) is 11.0. The summed E-state index contributed by atoms with van der Waals surface area (Å²) in [4.78, 5) is 13.6. The molecule has 182 valence electrons. The predicted molar refractivity (Wildman–Crippen MR) is 132 cm³/mol. The number of nitrogens with zero attached hydrogens (tertiary/aromatic N) is 1. The number of sulfonamides is 1. The third-order valence-electron chi connectivity index (χ3n) is 5.93. The molecule has 1 unspecified atom stereocenters. The first kappa shape index (κ1) is 23.9. The molecule has 4 rings (SSSR count). The second kappa shape index (κ2) is 9.92. The third kappa shape index (κ3) is 5.99. The van der Waals surface area contributed by atoms with Crippen molar-refractivity contribution in [2.75, 3.05) is 35.5 Å². The fourth-order valence-electron chi connectivity index (χ4n) is 4.12. The van der Waals surface area contributed by atoms with E-state index < -0.39 is 16.1 Å². The smallest absolute Gasteiger partial charge is 0.264 e. The highest BCUT2D eigenvalue weighted by Gasteiger charge is 2.21. The number of piperidine rings is 1. The molecule has 1 aliphatic rings. The van der Waals surface area contributed by atoms with Gasteiger partial charge in [0, 0.05) is 37.4 Å². The van der Waals surface area contributed by atoms with Crippen molar-refractivity contribution in [3.63, 3.8) is 0 Å². The largest absolute Gasteiger partial charge is 0.506 e. The first-order valence-corrected chi connectivity index (χ1v) is 12.9. The van der Waals surface area contributed by atoms with Crippen LogP contribution in [-0.2, 0) is 10.0 Å². The van der Waals surface area contributed by atoms with E-state index in [0.717, 1.165) is 49.1 Å². The van der Waals surface area contributed by atoms with Gasteiger partial charge in [0.15, 0.2) is 0 Å². The van der Waals surface area contributed by atoms with Crippen molar-refractivity contribution in [1.82, 2.24) is 15.5 Å². The van der Waals surface area contributed by atoms with Gasteiger partial charge in [-0.3, -0.25) is 19.7 Å². The van der Waals surface area contributed by atoms with E-state index in [9.17, 15) is 23.4 Å². The molecule has 0 aliphatic carbocycles. The van der Waals surface area contributed by atoms with Gasteiger partial charge in [-0.15, -0.1) is 0 Å². The van der Waals surface area contributed by atoms with Crippen molar-refractivity contribution in [3.05, 3.63) is 64.4 Å². The van der Waals surface area contributed by atoms with Crippen LogP contribution in [0.25, 0.3) is 11.3 Å². The lowest BCUT2D eigenvalue weighted by atomic mass is 10.0. The Morgan fingerprint density at radius 1 is 1.09 bits per heavy atom. The number of phenols is 1. The van der Waals surface area contributed by atoms with E-state index in [0.29, 0.717) is 12.1 Å². The Hall–Kier alpha value is -3.28. The molecule has 0 saturated carbocycles. The zero-order valence-corrected chi connectivity index (χ0v) is 19.6. The number of nitrogens with one attached hydrogen (secondary N) is 4. The van der Waals surface area contributed by atoms with Crippen molar-refractivity contribution in [2.24, 2.45) is 0 Å². The van der Waals surface area contributed by atoms with Crippen molar-refractivity contribution in [1.29, 1.82) is 0 Å². The monoisotopic (exact) mass is 487 g/mol. The Morgan fingerprint density at radius 3 is 2.41 bits per heavy atom. The van der Waals surface area contributed by atoms with E-state index >= 15 is 0 Å². The molecule has 1 fully saturated rings. The molecule has 1 atom stereocenters. The summed E-state index contributed by atoms with van der Waals surface area (Å²) >= 11 is 0. The number of aromatic hydroxyl groups is 1. The number of hydrogen-bond acceptors (Lipinski definition) is 7. The Bertz CT molecular complexity index is 1280. The second-order valence-electron chi connectivity index (χ2n) is 8.56. The highest BCUT2D eigenvalue weighted by Crippen LogP contribution is 2.28. The summed E-state index contributed by atoms with van der Waals surface area (Å²) in [5.74, 6) is -0.198. The zero-order chi connectivity index (χ0) is 24.3. The van der Waals surface area contributed by atoms with Crippen molar-refractivity contribution < 1.29 is 18.6 Å². The molecule has 0 bridgehead atoms. The van der Waals surface area contributed by atoms with E-state index in [1.165, 1.54) is 18.2 Å².